The van der Waals surface area contributed by atoms with Crippen molar-refractivity contribution in [2.75, 3.05) is 26.2 Å². The lowest BCUT2D eigenvalue weighted by atomic mass is 9.85. The van der Waals surface area contributed by atoms with E-state index in [4.69, 9.17) is 0 Å². The van der Waals surface area contributed by atoms with Crippen LogP contribution in [0.2, 0.25) is 0 Å². The molecule has 0 spiro atoms. The first kappa shape index (κ1) is 10.4. The highest BCUT2D eigenvalue weighted by Crippen LogP contribution is 2.37. The Hall–Kier alpha value is -0.120. The Bertz CT molecular complexity index is 184. The average Bonchev–Trinajstić information content (AvgIpc) is 2.72. The molecule has 2 unspecified atom stereocenters. The lowest BCUT2D eigenvalue weighted by molar-refractivity contribution is 0.170. The fourth-order valence-electron chi connectivity index (χ4n) is 3.37. The van der Waals surface area contributed by atoms with E-state index in [2.05, 4.69) is 17.1 Å². The molecule has 2 rings (SSSR count). The van der Waals surface area contributed by atoms with E-state index >= 15 is 0 Å². The van der Waals surface area contributed by atoms with Gasteiger partial charge in [0.25, 0.3) is 0 Å². The topological polar surface area (TPSA) is 35.5 Å². The summed E-state index contributed by atoms with van der Waals surface area (Å²) in [6.07, 6.45) is 4.78. The molecular formula is C11H22N2O. The molecule has 3 heteroatoms. The second kappa shape index (κ2) is 4.17. The summed E-state index contributed by atoms with van der Waals surface area (Å²) < 4.78 is 0. The summed E-state index contributed by atoms with van der Waals surface area (Å²) >= 11 is 0. The maximum Gasteiger partial charge on any atom is 0.0449 e. The average molecular weight is 198 g/mol. The Labute approximate surface area is 86.5 Å². The maximum absolute atomic E-state index is 9.18. The van der Waals surface area contributed by atoms with Gasteiger partial charge in [-0.25, -0.2) is 0 Å². The number of aliphatic hydroxyl groups excluding tert-OH is 1. The highest BCUT2D eigenvalue weighted by atomic mass is 16.3. The number of hydrogen-bond acceptors (Lipinski definition) is 3. The van der Waals surface area contributed by atoms with Gasteiger partial charge in [0, 0.05) is 24.7 Å². The molecule has 82 valence electrons. The molecule has 0 aromatic heterocycles. The Balaban J connectivity index is 2.09. The third kappa shape index (κ3) is 1.58. The zero-order valence-corrected chi connectivity index (χ0v) is 9.13. The predicted octanol–water partition coefficient (Wildman–Crippen LogP) is 0.585. The minimum atomic E-state index is 0.222. The Morgan fingerprint density at radius 1 is 1.50 bits per heavy atom. The van der Waals surface area contributed by atoms with Crippen molar-refractivity contribution < 1.29 is 5.11 Å². The molecule has 2 aliphatic heterocycles. The third-order valence-electron chi connectivity index (χ3n) is 3.93. The van der Waals surface area contributed by atoms with Crippen LogP contribution in [-0.4, -0.2) is 47.8 Å². The molecule has 0 aromatic carbocycles. The summed E-state index contributed by atoms with van der Waals surface area (Å²) in [4.78, 5) is 2.60. The number of fused-ring (bicyclic) bond motifs is 1. The molecule has 0 radical (unpaired) electrons. The van der Waals surface area contributed by atoms with Gasteiger partial charge in [-0.05, 0) is 38.8 Å². The summed E-state index contributed by atoms with van der Waals surface area (Å²) in [5.41, 5.74) is 0.222. The van der Waals surface area contributed by atoms with Gasteiger partial charge in [-0.1, -0.05) is 6.92 Å². The molecule has 0 bridgehead atoms. The van der Waals surface area contributed by atoms with Crippen molar-refractivity contribution in [3.63, 3.8) is 0 Å². The van der Waals surface area contributed by atoms with E-state index < -0.39 is 0 Å². The summed E-state index contributed by atoms with van der Waals surface area (Å²) in [6, 6.07) is 0.689. The number of nitrogens with zero attached hydrogens (tertiary/aromatic N) is 1. The van der Waals surface area contributed by atoms with Gasteiger partial charge in [0.15, 0.2) is 0 Å². The molecule has 14 heavy (non-hydrogen) atoms. The molecule has 0 aromatic rings. The van der Waals surface area contributed by atoms with Gasteiger partial charge in [0.05, 0.1) is 0 Å². The van der Waals surface area contributed by atoms with Gasteiger partial charge in [-0.2, -0.15) is 0 Å². The van der Waals surface area contributed by atoms with Crippen molar-refractivity contribution in [1.82, 2.24) is 10.2 Å². The summed E-state index contributed by atoms with van der Waals surface area (Å²) in [6.45, 7) is 5.99. The van der Waals surface area contributed by atoms with Crippen LogP contribution in [0.25, 0.3) is 0 Å². The first-order chi connectivity index (χ1) is 6.82. The fourth-order valence-corrected chi connectivity index (χ4v) is 3.37. The molecule has 3 nitrogen and oxygen atoms in total. The van der Waals surface area contributed by atoms with Gasteiger partial charge in [0.1, 0.15) is 0 Å². The van der Waals surface area contributed by atoms with Crippen molar-refractivity contribution in [2.24, 2.45) is 0 Å². The van der Waals surface area contributed by atoms with E-state index in [1.165, 1.54) is 32.4 Å². The van der Waals surface area contributed by atoms with Crippen LogP contribution in [0, 0.1) is 0 Å². The van der Waals surface area contributed by atoms with Crippen LogP contribution in [-0.2, 0) is 0 Å². The van der Waals surface area contributed by atoms with Gasteiger partial charge < -0.3 is 10.4 Å². The molecule has 0 aliphatic carbocycles. The zero-order chi connectivity index (χ0) is 10.0. The number of aliphatic hydroxyl groups is 1. The molecule has 0 amide bonds. The summed E-state index contributed by atoms with van der Waals surface area (Å²) in [5, 5.41) is 12.8. The summed E-state index contributed by atoms with van der Waals surface area (Å²) in [5.74, 6) is 0. The lowest BCUT2D eigenvalue weighted by Gasteiger charge is -2.35. The number of hydrogen-bond donors (Lipinski definition) is 2. The van der Waals surface area contributed by atoms with E-state index in [9.17, 15) is 5.11 Å². The van der Waals surface area contributed by atoms with Crippen molar-refractivity contribution in [1.29, 1.82) is 0 Å². The monoisotopic (exact) mass is 198 g/mol. The smallest absolute Gasteiger partial charge is 0.0449 e. The van der Waals surface area contributed by atoms with Crippen LogP contribution >= 0.6 is 0 Å². The van der Waals surface area contributed by atoms with Crippen molar-refractivity contribution in [3.05, 3.63) is 0 Å². The molecule has 2 atom stereocenters. The van der Waals surface area contributed by atoms with Gasteiger partial charge in [0.2, 0.25) is 0 Å². The largest absolute Gasteiger partial charge is 0.396 e. The highest BCUT2D eigenvalue weighted by Gasteiger charge is 2.47. The molecular weight excluding hydrogens is 176 g/mol. The summed E-state index contributed by atoms with van der Waals surface area (Å²) in [7, 11) is 0. The van der Waals surface area contributed by atoms with E-state index in [1.54, 1.807) is 0 Å². The Kier molecular flexibility index (Phi) is 3.10. The minimum Gasteiger partial charge on any atom is -0.396 e. The lowest BCUT2D eigenvalue weighted by Crippen LogP contribution is -2.53. The SMILES string of the molecule is CCNC1(CCO)CCN2CCCC21. The van der Waals surface area contributed by atoms with Crippen molar-refractivity contribution in [2.45, 2.75) is 44.2 Å². The second-order valence-corrected chi connectivity index (χ2v) is 4.60. The number of rotatable bonds is 4. The van der Waals surface area contributed by atoms with Gasteiger partial charge in [-0.3, -0.25) is 4.90 Å². The van der Waals surface area contributed by atoms with E-state index in [0.717, 1.165) is 13.0 Å². The standard InChI is InChI=1S/C11H22N2O/c1-2-12-11(6-9-14)5-8-13-7-3-4-10(11)13/h10,12,14H,2-9H2,1H3. The first-order valence-corrected chi connectivity index (χ1v) is 5.92. The van der Waals surface area contributed by atoms with Crippen molar-refractivity contribution >= 4 is 0 Å². The van der Waals surface area contributed by atoms with Crippen molar-refractivity contribution in [3.8, 4) is 0 Å². The van der Waals surface area contributed by atoms with E-state index in [-0.39, 0.29) is 5.54 Å². The normalized spacial score (nSPS) is 37.7. The maximum atomic E-state index is 9.18. The van der Waals surface area contributed by atoms with Crippen LogP contribution in [0.1, 0.15) is 32.6 Å². The number of nitrogens with one attached hydrogen (secondary N) is 1. The zero-order valence-electron chi connectivity index (χ0n) is 9.13. The van der Waals surface area contributed by atoms with E-state index in [0.29, 0.717) is 12.6 Å². The quantitative estimate of drug-likeness (QED) is 0.694. The Morgan fingerprint density at radius 2 is 2.36 bits per heavy atom. The molecule has 0 saturated carbocycles. The van der Waals surface area contributed by atoms with Gasteiger partial charge in [-0.15, -0.1) is 0 Å². The molecule has 2 N–H and O–H groups in total. The fraction of sp³-hybridized carbons (Fsp3) is 1.00. The van der Waals surface area contributed by atoms with Crippen LogP contribution in [0.4, 0.5) is 0 Å². The van der Waals surface area contributed by atoms with E-state index in [1.807, 2.05) is 0 Å². The molecule has 2 saturated heterocycles. The second-order valence-electron chi connectivity index (χ2n) is 4.60. The minimum absolute atomic E-state index is 0.222. The Morgan fingerprint density at radius 3 is 3.07 bits per heavy atom. The third-order valence-corrected chi connectivity index (χ3v) is 3.93. The van der Waals surface area contributed by atoms with Crippen LogP contribution in [0.3, 0.4) is 0 Å². The molecule has 2 aliphatic rings. The molecule has 2 heterocycles. The van der Waals surface area contributed by atoms with Crippen LogP contribution < -0.4 is 5.32 Å². The molecule has 2 fully saturated rings. The van der Waals surface area contributed by atoms with Crippen LogP contribution in [0.5, 0.6) is 0 Å². The van der Waals surface area contributed by atoms with Gasteiger partial charge >= 0.3 is 0 Å². The predicted molar refractivity (Wildman–Crippen MR) is 57.3 cm³/mol. The number of likely N-dealkylation sites (N-methyl/N-ethyl adjacent to an activating group) is 1. The van der Waals surface area contributed by atoms with Crippen LogP contribution in [0.15, 0.2) is 0 Å². The highest BCUT2D eigenvalue weighted by molar-refractivity contribution is 5.07. The first-order valence-electron chi connectivity index (χ1n) is 5.92.